The largest absolute Gasteiger partial charge is 0.359 e. The molecular weight excluding hydrogens is 314 g/mol. The summed E-state index contributed by atoms with van der Waals surface area (Å²) in [5.41, 5.74) is 1.11. The number of likely N-dealkylation sites (tertiary alicyclic amines) is 1. The number of carbonyl (C=O) groups excluding carboxylic acids is 1. The number of amides is 1. The van der Waals surface area contributed by atoms with Gasteiger partial charge in [0, 0.05) is 18.0 Å². The van der Waals surface area contributed by atoms with Crippen LogP contribution in [0.15, 0.2) is 40.9 Å². The summed E-state index contributed by atoms with van der Waals surface area (Å²) >= 11 is 0. The lowest BCUT2D eigenvalue weighted by atomic mass is 9.93. The minimum absolute atomic E-state index is 0.00407. The van der Waals surface area contributed by atoms with Crippen molar-refractivity contribution in [2.24, 2.45) is 0 Å². The molecule has 0 spiro atoms. The molecule has 0 bridgehead atoms. The molecule has 1 aliphatic heterocycles. The van der Waals surface area contributed by atoms with Crippen molar-refractivity contribution in [3.8, 4) is 0 Å². The Kier molecular flexibility index (Phi) is 5.23. The number of aromatic nitrogens is 1. The second-order valence-electron chi connectivity index (χ2n) is 7.78. The first-order valence-corrected chi connectivity index (χ1v) is 8.99. The Labute approximate surface area is 149 Å². The van der Waals surface area contributed by atoms with Crippen molar-refractivity contribution in [3.05, 3.63) is 47.7 Å². The molecule has 1 aliphatic rings. The number of nitrogens with zero attached hydrogens (tertiary/aromatic N) is 2. The molecule has 0 aliphatic carbocycles. The quantitative estimate of drug-likeness (QED) is 0.914. The van der Waals surface area contributed by atoms with Crippen molar-refractivity contribution in [1.82, 2.24) is 10.1 Å². The number of carbonyl (C=O) groups is 1. The van der Waals surface area contributed by atoms with E-state index in [0.29, 0.717) is 5.82 Å². The zero-order valence-corrected chi connectivity index (χ0v) is 15.3. The lowest BCUT2D eigenvalue weighted by molar-refractivity contribution is -0.122. The fourth-order valence-electron chi connectivity index (χ4n) is 3.19. The molecule has 1 aromatic heterocycles. The van der Waals surface area contributed by atoms with Gasteiger partial charge in [0.1, 0.15) is 5.76 Å². The van der Waals surface area contributed by atoms with Crippen molar-refractivity contribution in [2.75, 3.05) is 11.9 Å². The van der Waals surface area contributed by atoms with Gasteiger partial charge in [0.05, 0.1) is 6.04 Å². The molecule has 1 N–H and O–H groups in total. The molecular formula is C20H27N3O2. The van der Waals surface area contributed by atoms with Crippen LogP contribution in [0, 0.1) is 0 Å². The average molecular weight is 341 g/mol. The maximum Gasteiger partial charge on any atom is 0.242 e. The minimum Gasteiger partial charge on any atom is -0.359 e. The predicted molar refractivity (Wildman–Crippen MR) is 98.3 cm³/mol. The third-order valence-corrected chi connectivity index (χ3v) is 4.65. The van der Waals surface area contributed by atoms with E-state index in [1.54, 1.807) is 0 Å². The standard InChI is InChI=1S/C20H27N3O2/c1-20(2,3)17-13-18(22-25-17)21-19(24)16-11-7-8-12-23(16)14-15-9-5-4-6-10-15/h4-6,9-10,13,16H,7-8,11-12,14H2,1-3H3,(H,21,22,24). The van der Waals surface area contributed by atoms with Crippen LogP contribution in [0.5, 0.6) is 0 Å². The van der Waals surface area contributed by atoms with Crippen molar-refractivity contribution in [3.63, 3.8) is 0 Å². The van der Waals surface area contributed by atoms with Crippen LogP contribution >= 0.6 is 0 Å². The van der Waals surface area contributed by atoms with Gasteiger partial charge in [-0.3, -0.25) is 9.69 Å². The summed E-state index contributed by atoms with van der Waals surface area (Å²) in [7, 11) is 0. The molecule has 0 radical (unpaired) electrons. The number of benzene rings is 1. The molecule has 1 aromatic carbocycles. The molecule has 1 fully saturated rings. The molecule has 134 valence electrons. The van der Waals surface area contributed by atoms with Crippen molar-refractivity contribution in [1.29, 1.82) is 0 Å². The predicted octanol–water partition coefficient (Wildman–Crippen LogP) is 3.97. The maximum atomic E-state index is 12.8. The van der Waals surface area contributed by atoms with Crippen molar-refractivity contribution >= 4 is 11.7 Å². The SMILES string of the molecule is CC(C)(C)c1cc(NC(=O)C2CCCCN2Cc2ccccc2)no1. The molecule has 1 amide bonds. The number of hydrogen-bond donors (Lipinski definition) is 1. The smallest absolute Gasteiger partial charge is 0.242 e. The van der Waals surface area contributed by atoms with Gasteiger partial charge in [0.15, 0.2) is 5.82 Å². The Morgan fingerprint density at radius 3 is 2.72 bits per heavy atom. The van der Waals surface area contributed by atoms with E-state index in [0.717, 1.165) is 38.1 Å². The van der Waals surface area contributed by atoms with Crippen LogP contribution in [0.2, 0.25) is 0 Å². The van der Waals surface area contributed by atoms with Crippen LogP contribution in [-0.2, 0) is 16.8 Å². The zero-order chi connectivity index (χ0) is 17.9. The van der Waals surface area contributed by atoms with Gasteiger partial charge in [-0.1, -0.05) is 62.7 Å². The van der Waals surface area contributed by atoms with Gasteiger partial charge in [0.2, 0.25) is 5.91 Å². The number of piperidine rings is 1. The molecule has 2 aromatic rings. The van der Waals surface area contributed by atoms with E-state index in [2.05, 4.69) is 48.3 Å². The van der Waals surface area contributed by atoms with Crippen LogP contribution in [-0.4, -0.2) is 28.6 Å². The molecule has 1 atom stereocenters. The van der Waals surface area contributed by atoms with Crippen LogP contribution in [0.3, 0.4) is 0 Å². The highest BCUT2D eigenvalue weighted by atomic mass is 16.5. The Morgan fingerprint density at radius 1 is 1.28 bits per heavy atom. The van der Waals surface area contributed by atoms with E-state index >= 15 is 0 Å². The van der Waals surface area contributed by atoms with Crippen LogP contribution in [0.4, 0.5) is 5.82 Å². The first-order valence-electron chi connectivity index (χ1n) is 8.99. The lowest BCUT2D eigenvalue weighted by Crippen LogP contribution is -2.46. The summed E-state index contributed by atoms with van der Waals surface area (Å²) in [5, 5.41) is 6.94. The van der Waals surface area contributed by atoms with E-state index in [9.17, 15) is 4.79 Å². The van der Waals surface area contributed by atoms with Gasteiger partial charge in [-0.15, -0.1) is 0 Å². The van der Waals surface area contributed by atoms with Gasteiger partial charge >= 0.3 is 0 Å². The Balaban J connectivity index is 1.67. The Morgan fingerprint density at radius 2 is 2.04 bits per heavy atom. The second kappa shape index (κ2) is 7.40. The van der Waals surface area contributed by atoms with Crippen molar-refractivity contribution < 1.29 is 9.32 Å². The summed E-state index contributed by atoms with van der Waals surface area (Å²) in [6.45, 7) is 7.91. The second-order valence-corrected chi connectivity index (χ2v) is 7.78. The Hall–Kier alpha value is -2.14. The topological polar surface area (TPSA) is 58.4 Å². The third-order valence-electron chi connectivity index (χ3n) is 4.65. The van der Waals surface area contributed by atoms with Crippen LogP contribution < -0.4 is 5.32 Å². The summed E-state index contributed by atoms with van der Waals surface area (Å²) < 4.78 is 5.36. The molecule has 1 unspecified atom stereocenters. The third kappa shape index (κ3) is 4.48. The summed E-state index contributed by atoms with van der Waals surface area (Å²) in [5.74, 6) is 1.28. The molecule has 5 heteroatoms. The molecule has 0 saturated carbocycles. The first-order chi connectivity index (χ1) is 11.9. The molecule has 2 heterocycles. The van der Waals surface area contributed by atoms with E-state index < -0.39 is 0 Å². The van der Waals surface area contributed by atoms with Crippen LogP contribution in [0.25, 0.3) is 0 Å². The highest BCUT2D eigenvalue weighted by Gasteiger charge is 2.29. The van der Waals surface area contributed by atoms with Gasteiger partial charge in [-0.05, 0) is 24.9 Å². The minimum atomic E-state index is -0.125. The van der Waals surface area contributed by atoms with E-state index in [1.807, 2.05) is 24.3 Å². The first kappa shape index (κ1) is 17.7. The monoisotopic (exact) mass is 341 g/mol. The fraction of sp³-hybridized carbons (Fsp3) is 0.500. The van der Waals surface area contributed by atoms with E-state index in [4.69, 9.17) is 4.52 Å². The number of rotatable bonds is 4. The van der Waals surface area contributed by atoms with Crippen molar-refractivity contribution in [2.45, 2.75) is 58.0 Å². The molecule has 1 saturated heterocycles. The fourth-order valence-corrected chi connectivity index (χ4v) is 3.19. The van der Waals surface area contributed by atoms with Gasteiger partial charge in [-0.2, -0.15) is 0 Å². The Bertz CT molecular complexity index is 703. The van der Waals surface area contributed by atoms with Crippen LogP contribution in [0.1, 0.15) is 51.4 Å². The molecule has 25 heavy (non-hydrogen) atoms. The van der Waals surface area contributed by atoms with E-state index in [-0.39, 0.29) is 17.4 Å². The maximum absolute atomic E-state index is 12.8. The molecule has 5 nitrogen and oxygen atoms in total. The normalized spacial score (nSPS) is 18.9. The highest BCUT2D eigenvalue weighted by Crippen LogP contribution is 2.25. The number of hydrogen-bond acceptors (Lipinski definition) is 4. The van der Waals surface area contributed by atoms with Gasteiger partial charge in [-0.25, -0.2) is 0 Å². The van der Waals surface area contributed by atoms with Gasteiger partial charge < -0.3 is 9.84 Å². The summed E-state index contributed by atoms with van der Waals surface area (Å²) in [4.78, 5) is 15.1. The number of nitrogens with one attached hydrogen (secondary N) is 1. The average Bonchev–Trinajstić information content (AvgIpc) is 3.05. The highest BCUT2D eigenvalue weighted by molar-refractivity contribution is 5.94. The summed E-state index contributed by atoms with van der Waals surface area (Å²) in [6.07, 6.45) is 3.09. The number of anilines is 1. The zero-order valence-electron chi connectivity index (χ0n) is 15.3. The lowest BCUT2D eigenvalue weighted by Gasteiger charge is -2.34. The van der Waals surface area contributed by atoms with E-state index in [1.165, 1.54) is 5.56 Å². The molecule has 3 rings (SSSR count). The summed E-state index contributed by atoms with van der Waals surface area (Å²) in [6, 6.07) is 12.0. The van der Waals surface area contributed by atoms with Gasteiger partial charge in [0.25, 0.3) is 0 Å².